The normalized spacial score (nSPS) is 42.5. The molecule has 0 amide bonds. The number of nitrogens with one attached hydrogen (secondary N) is 1. The Kier molecular flexibility index (Phi) is 1.74. The van der Waals surface area contributed by atoms with Crippen molar-refractivity contribution in [2.75, 3.05) is 0 Å². The minimum Gasteiger partial charge on any atom is -0.310 e. The van der Waals surface area contributed by atoms with Gasteiger partial charge < -0.3 is 5.41 Å². The van der Waals surface area contributed by atoms with Crippen LogP contribution in [-0.2, 0) is 0 Å². The highest BCUT2D eigenvalue weighted by Gasteiger charge is 2.36. The van der Waals surface area contributed by atoms with Gasteiger partial charge in [0.2, 0.25) is 0 Å². The second-order valence-corrected chi connectivity index (χ2v) is 4.29. The summed E-state index contributed by atoms with van der Waals surface area (Å²) in [5.41, 5.74) is 0.926. The number of fused-ring (bicyclic) bond motifs is 1. The van der Waals surface area contributed by atoms with Crippen LogP contribution in [0.2, 0.25) is 0 Å². The van der Waals surface area contributed by atoms with Gasteiger partial charge in [-0.3, -0.25) is 0 Å². The SMILES string of the molecule is CC(=N)C1CCC2CCC2C1. The molecule has 1 N–H and O–H groups in total. The lowest BCUT2D eigenvalue weighted by Gasteiger charge is -2.43. The molecule has 2 saturated carbocycles. The molecule has 11 heavy (non-hydrogen) atoms. The van der Waals surface area contributed by atoms with E-state index >= 15 is 0 Å². The predicted octanol–water partition coefficient (Wildman–Crippen LogP) is 2.85. The number of rotatable bonds is 1. The first-order valence-electron chi connectivity index (χ1n) is 4.82. The maximum atomic E-state index is 7.57. The van der Waals surface area contributed by atoms with Crippen LogP contribution >= 0.6 is 0 Å². The minimum atomic E-state index is 0.650. The molecule has 2 rings (SSSR count). The standard InChI is InChI=1S/C10H17N/c1-7(11)9-4-2-8-3-5-10(8)6-9/h8-11H,2-6H2,1H3. The second kappa shape index (κ2) is 2.62. The summed E-state index contributed by atoms with van der Waals surface area (Å²) in [7, 11) is 0. The second-order valence-electron chi connectivity index (χ2n) is 4.29. The smallest absolute Gasteiger partial charge is 0.00892 e. The van der Waals surface area contributed by atoms with Gasteiger partial charge in [-0.25, -0.2) is 0 Å². The quantitative estimate of drug-likeness (QED) is 0.557. The molecule has 0 aromatic carbocycles. The van der Waals surface area contributed by atoms with E-state index in [0.29, 0.717) is 5.92 Å². The summed E-state index contributed by atoms with van der Waals surface area (Å²) in [5, 5.41) is 7.57. The Bertz CT molecular complexity index is 174. The Morgan fingerprint density at radius 2 is 1.73 bits per heavy atom. The summed E-state index contributed by atoms with van der Waals surface area (Å²) < 4.78 is 0. The van der Waals surface area contributed by atoms with E-state index in [0.717, 1.165) is 17.5 Å². The van der Waals surface area contributed by atoms with Gasteiger partial charge in [-0.1, -0.05) is 0 Å². The van der Waals surface area contributed by atoms with Crippen LogP contribution in [0.15, 0.2) is 0 Å². The highest BCUT2D eigenvalue weighted by molar-refractivity contribution is 5.81. The maximum absolute atomic E-state index is 7.57. The Morgan fingerprint density at radius 1 is 1.09 bits per heavy atom. The molecule has 62 valence electrons. The van der Waals surface area contributed by atoms with Gasteiger partial charge in [-0.15, -0.1) is 0 Å². The molecule has 2 fully saturated rings. The molecule has 1 nitrogen and oxygen atoms in total. The van der Waals surface area contributed by atoms with Crippen molar-refractivity contribution in [2.24, 2.45) is 17.8 Å². The van der Waals surface area contributed by atoms with E-state index in [4.69, 9.17) is 5.41 Å². The Morgan fingerprint density at radius 3 is 2.18 bits per heavy atom. The number of hydrogen-bond acceptors (Lipinski definition) is 1. The Hall–Kier alpha value is -0.330. The summed E-state index contributed by atoms with van der Waals surface area (Å²) in [6.45, 7) is 1.98. The van der Waals surface area contributed by atoms with Crippen LogP contribution in [0.1, 0.15) is 39.0 Å². The average Bonchev–Trinajstić information content (AvgIpc) is 1.91. The lowest BCUT2D eigenvalue weighted by molar-refractivity contribution is 0.0986. The summed E-state index contributed by atoms with van der Waals surface area (Å²) in [6.07, 6.45) is 6.98. The predicted molar refractivity (Wildman–Crippen MR) is 47.0 cm³/mol. The number of hydrogen-bond donors (Lipinski definition) is 1. The van der Waals surface area contributed by atoms with Crippen molar-refractivity contribution in [2.45, 2.75) is 39.0 Å². The van der Waals surface area contributed by atoms with E-state index < -0.39 is 0 Å². The zero-order chi connectivity index (χ0) is 7.84. The lowest BCUT2D eigenvalue weighted by atomic mass is 9.62. The van der Waals surface area contributed by atoms with Crippen molar-refractivity contribution in [3.8, 4) is 0 Å². The first kappa shape index (κ1) is 7.33. The topological polar surface area (TPSA) is 23.9 Å². The molecule has 3 unspecified atom stereocenters. The fraction of sp³-hybridized carbons (Fsp3) is 0.900. The molecular weight excluding hydrogens is 134 g/mol. The minimum absolute atomic E-state index is 0.650. The van der Waals surface area contributed by atoms with Gasteiger partial charge in [0, 0.05) is 5.71 Å². The third-order valence-corrected chi connectivity index (χ3v) is 3.66. The summed E-state index contributed by atoms with van der Waals surface area (Å²) in [4.78, 5) is 0. The Balaban J connectivity index is 1.93. The van der Waals surface area contributed by atoms with Crippen LogP contribution in [0.5, 0.6) is 0 Å². The van der Waals surface area contributed by atoms with Gasteiger partial charge in [0.05, 0.1) is 0 Å². The van der Waals surface area contributed by atoms with E-state index in [1.54, 1.807) is 0 Å². The monoisotopic (exact) mass is 151 g/mol. The van der Waals surface area contributed by atoms with E-state index in [2.05, 4.69) is 0 Å². The molecule has 0 saturated heterocycles. The summed E-state index contributed by atoms with van der Waals surface area (Å²) >= 11 is 0. The molecule has 3 atom stereocenters. The average molecular weight is 151 g/mol. The highest BCUT2D eigenvalue weighted by Crippen LogP contribution is 2.46. The zero-order valence-electron chi connectivity index (χ0n) is 7.27. The van der Waals surface area contributed by atoms with Crippen LogP contribution < -0.4 is 0 Å². The van der Waals surface area contributed by atoms with E-state index in [9.17, 15) is 0 Å². The van der Waals surface area contributed by atoms with Crippen molar-refractivity contribution in [1.29, 1.82) is 5.41 Å². The van der Waals surface area contributed by atoms with Crippen molar-refractivity contribution >= 4 is 5.71 Å². The molecule has 0 bridgehead atoms. The molecule has 1 heteroatoms. The molecule has 0 spiro atoms. The third kappa shape index (κ3) is 1.21. The van der Waals surface area contributed by atoms with E-state index in [1.807, 2.05) is 6.92 Å². The molecule has 2 aliphatic carbocycles. The first-order chi connectivity index (χ1) is 5.27. The van der Waals surface area contributed by atoms with Gasteiger partial charge in [0.25, 0.3) is 0 Å². The largest absolute Gasteiger partial charge is 0.310 e. The summed E-state index contributed by atoms with van der Waals surface area (Å²) in [5.74, 6) is 2.72. The molecule has 0 heterocycles. The lowest BCUT2D eigenvalue weighted by Crippen LogP contribution is -2.34. The van der Waals surface area contributed by atoms with Crippen molar-refractivity contribution in [3.05, 3.63) is 0 Å². The van der Waals surface area contributed by atoms with Crippen molar-refractivity contribution in [3.63, 3.8) is 0 Å². The highest BCUT2D eigenvalue weighted by atomic mass is 14.5. The van der Waals surface area contributed by atoms with Crippen LogP contribution in [-0.4, -0.2) is 5.71 Å². The Labute approximate surface area is 68.7 Å². The van der Waals surface area contributed by atoms with Gasteiger partial charge in [0.15, 0.2) is 0 Å². The maximum Gasteiger partial charge on any atom is 0.00892 e. The van der Waals surface area contributed by atoms with Crippen LogP contribution in [0, 0.1) is 23.2 Å². The fourth-order valence-corrected chi connectivity index (χ4v) is 2.62. The molecule has 2 aliphatic rings. The first-order valence-corrected chi connectivity index (χ1v) is 4.82. The van der Waals surface area contributed by atoms with Gasteiger partial charge in [-0.05, 0) is 56.8 Å². The summed E-state index contributed by atoms with van der Waals surface area (Å²) in [6, 6.07) is 0. The third-order valence-electron chi connectivity index (χ3n) is 3.66. The fourth-order valence-electron chi connectivity index (χ4n) is 2.62. The van der Waals surface area contributed by atoms with Crippen molar-refractivity contribution in [1.82, 2.24) is 0 Å². The molecule has 0 aromatic rings. The molecule has 0 aromatic heterocycles. The van der Waals surface area contributed by atoms with E-state index in [-0.39, 0.29) is 0 Å². The van der Waals surface area contributed by atoms with Crippen molar-refractivity contribution < 1.29 is 0 Å². The molecular formula is C10H17N. The van der Waals surface area contributed by atoms with E-state index in [1.165, 1.54) is 32.1 Å². The van der Waals surface area contributed by atoms with Crippen LogP contribution in [0.4, 0.5) is 0 Å². The molecule has 0 aliphatic heterocycles. The van der Waals surface area contributed by atoms with Gasteiger partial charge in [-0.2, -0.15) is 0 Å². The molecule has 0 radical (unpaired) electrons. The zero-order valence-corrected chi connectivity index (χ0v) is 7.27. The van der Waals surface area contributed by atoms with Crippen LogP contribution in [0.25, 0.3) is 0 Å². The van der Waals surface area contributed by atoms with Crippen LogP contribution in [0.3, 0.4) is 0 Å². The van der Waals surface area contributed by atoms with Gasteiger partial charge >= 0.3 is 0 Å². The van der Waals surface area contributed by atoms with Gasteiger partial charge in [0.1, 0.15) is 0 Å².